The highest BCUT2D eigenvalue weighted by Gasteiger charge is 2.56. The number of rotatable bonds is 28. The molecule has 1 saturated heterocycles. The van der Waals surface area contributed by atoms with Crippen molar-refractivity contribution >= 4 is 73.9 Å². The van der Waals surface area contributed by atoms with Gasteiger partial charge in [-0.25, -0.2) is 15.0 Å². The van der Waals surface area contributed by atoms with E-state index in [4.69, 9.17) is 29.8 Å². The Bertz CT molecular complexity index is 2440. The third-order valence-electron chi connectivity index (χ3n) is 10.9. The van der Waals surface area contributed by atoms with Crippen molar-refractivity contribution in [2.75, 3.05) is 71.3 Å². The molecule has 4 atom stereocenters. The van der Waals surface area contributed by atoms with Gasteiger partial charge < -0.3 is 56.0 Å². The Morgan fingerprint density at radius 3 is 2.16 bits per heavy atom. The standard InChI is InChI=1S/C44H54BrN11O12/c1-26(57)42-30-17-27(5-7-32(30)55(54-42)23-41(61)56-33-18-28(33)19-34(56)43(62)53-36-4-2-3-35(45)52-36)29-20-49-37(50-21-29)22-51-40(60)25-68-16-14-66-12-10-48-39(59)24-67-15-13-65-11-9-47-38(58)8-6-31(46)44(63)64/h2-5,7,17,20-21,28,31,33-34H,6,8-16,18-19,22-25,46H2,1H3,(H,47,58)(H,48,59)(H,51,60)(H,63,64)(H,52,53,62)/t28-,31+,33-,34+/m1/s1. The number of pyridine rings is 1. The topological polar surface area (TPSA) is 311 Å². The number of benzene rings is 1. The number of amides is 5. The molecular formula is C44H54BrN11O12. The minimum absolute atomic E-state index is 0.000124. The van der Waals surface area contributed by atoms with E-state index in [2.05, 4.69) is 57.2 Å². The van der Waals surface area contributed by atoms with Gasteiger partial charge in [0, 0.05) is 55.8 Å². The fourth-order valence-corrected chi connectivity index (χ4v) is 7.70. The molecule has 2 aliphatic rings. The van der Waals surface area contributed by atoms with Crippen LogP contribution < -0.4 is 27.0 Å². The smallest absolute Gasteiger partial charge is 0.320 e. The molecule has 1 aromatic carbocycles. The molecule has 23 nitrogen and oxygen atoms in total. The highest BCUT2D eigenvalue weighted by Crippen LogP contribution is 2.48. The van der Waals surface area contributed by atoms with E-state index >= 15 is 0 Å². The van der Waals surface area contributed by atoms with Crippen molar-refractivity contribution in [1.82, 2.24) is 45.6 Å². The van der Waals surface area contributed by atoms with Crippen LogP contribution in [0, 0.1) is 5.92 Å². The molecule has 5 amide bonds. The van der Waals surface area contributed by atoms with E-state index in [1.54, 1.807) is 47.6 Å². The average Bonchev–Trinajstić information content (AvgIpc) is 3.82. The summed E-state index contributed by atoms with van der Waals surface area (Å²) in [5.74, 6) is -2.03. The summed E-state index contributed by atoms with van der Waals surface area (Å²) in [5.41, 5.74) is 7.52. The van der Waals surface area contributed by atoms with Crippen molar-refractivity contribution in [1.29, 1.82) is 0 Å². The quantitative estimate of drug-likeness (QED) is 0.0258. The average molecular weight is 1010 g/mol. The van der Waals surface area contributed by atoms with Crippen LogP contribution in [0.1, 0.15) is 48.9 Å². The van der Waals surface area contributed by atoms with Crippen LogP contribution in [0.25, 0.3) is 22.0 Å². The van der Waals surface area contributed by atoms with Crippen molar-refractivity contribution < 1.29 is 57.6 Å². The number of fused-ring (bicyclic) bond motifs is 2. The SMILES string of the molecule is CC(=O)c1nn(CC(=O)N2[C@@H]3C[C@@H]3C[C@H]2C(=O)Nc2cccc(Br)n2)c2ccc(-c3cnc(CNC(=O)COCCOCCNC(=O)COCCOCCNC(=O)CC[C@H](N)C(=O)O)nc3)cc12. The molecule has 1 aliphatic heterocycles. The molecule has 7 N–H and O–H groups in total. The minimum atomic E-state index is -1.16. The zero-order chi connectivity index (χ0) is 48.6. The molecule has 0 bridgehead atoms. The number of likely N-dealkylation sites (tertiary alicyclic amines) is 1. The van der Waals surface area contributed by atoms with Crippen molar-refractivity contribution in [2.45, 2.75) is 63.8 Å². The number of ether oxygens (including phenoxy) is 4. The van der Waals surface area contributed by atoms with Crippen LogP contribution in [0.2, 0.25) is 0 Å². The Labute approximate surface area is 398 Å². The van der Waals surface area contributed by atoms with Gasteiger partial charge in [-0.3, -0.25) is 38.2 Å². The predicted molar refractivity (Wildman–Crippen MR) is 244 cm³/mol. The number of hydrogen-bond acceptors (Lipinski definition) is 16. The summed E-state index contributed by atoms with van der Waals surface area (Å²) in [5, 5.41) is 24.6. The molecule has 0 spiro atoms. The number of piperidine rings is 1. The van der Waals surface area contributed by atoms with Gasteiger partial charge in [-0.15, -0.1) is 0 Å². The minimum Gasteiger partial charge on any atom is -0.480 e. The number of carbonyl (C=O) groups excluding carboxylic acids is 6. The number of hydrogen-bond donors (Lipinski definition) is 6. The van der Waals surface area contributed by atoms with Gasteiger partial charge in [0.15, 0.2) is 5.78 Å². The second-order valence-electron chi connectivity index (χ2n) is 15.9. The molecule has 3 aromatic heterocycles. The third-order valence-corrected chi connectivity index (χ3v) is 11.3. The summed E-state index contributed by atoms with van der Waals surface area (Å²) >= 11 is 3.31. The second-order valence-corrected chi connectivity index (χ2v) is 16.7. The molecule has 1 aliphatic carbocycles. The van der Waals surface area contributed by atoms with Gasteiger partial charge in [0.2, 0.25) is 29.5 Å². The Morgan fingerprint density at radius 1 is 0.838 bits per heavy atom. The van der Waals surface area contributed by atoms with Gasteiger partial charge >= 0.3 is 5.97 Å². The monoisotopic (exact) mass is 1010 g/mol. The number of Topliss-reactive ketones (excluding diaryl/α,β-unsaturated/α-hetero) is 1. The summed E-state index contributed by atoms with van der Waals surface area (Å²) in [4.78, 5) is 101. The lowest BCUT2D eigenvalue weighted by Gasteiger charge is -2.26. The first-order valence-corrected chi connectivity index (χ1v) is 22.7. The maximum Gasteiger partial charge on any atom is 0.320 e. The van der Waals surface area contributed by atoms with E-state index in [0.717, 1.165) is 6.42 Å². The number of aliphatic carboxylic acids is 1. The number of carbonyl (C=O) groups is 7. The molecule has 2 fully saturated rings. The molecule has 1 saturated carbocycles. The first-order valence-electron chi connectivity index (χ1n) is 21.9. The zero-order valence-electron chi connectivity index (χ0n) is 37.3. The largest absolute Gasteiger partial charge is 0.480 e. The fourth-order valence-electron chi connectivity index (χ4n) is 7.35. The molecular weight excluding hydrogens is 954 g/mol. The van der Waals surface area contributed by atoms with Crippen LogP contribution >= 0.6 is 15.9 Å². The molecule has 0 radical (unpaired) electrons. The predicted octanol–water partition coefficient (Wildman–Crippen LogP) is 0.589. The molecule has 4 heterocycles. The van der Waals surface area contributed by atoms with Crippen LogP contribution in [0.4, 0.5) is 5.82 Å². The maximum absolute atomic E-state index is 13.8. The summed E-state index contributed by atoms with van der Waals surface area (Å²) in [7, 11) is 0. The van der Waals surface area contributed by atoms with Gasteiger partial charge in [-0.05, 0) is 70.9 Å². The molecule has 68 heavy (non-hydrogen) atoms. The highest BCUT2D eigenvalue weighted by atomic mass is 79.9. The summed E-state index contributed by atoms with van der Waals surface area (Å²) < 4.78 is 23.4. The van der Waals surface area contributed by atoms with Gasteiger partial charge in [-0.2, -0.15) is 5.10 Å². The maximum atomic E-state index is 13.8. The van der Waals surface area contributed by atoms with Crippen molar-refractivity contribution in [2.24, 2.45) is 11.7 Å². The number of ketones is 1. The zero-order valence-corrected chi connectivity index (χ0v) is 38.9. The molecule has 4 aromatic rings. The van der Waals surface area contributed by atoms with Crippen LogP contribution in [-0.2, 0) is 60.8 Å². The molecule has 6 rings (SSSR count). The van der Waals surface area contributed by atoms with Gasteiger partial charge in [0.1, 0.15) is 53.8 Å². The van der Waals surface area contributed by atoms with Crippen LogP contribution in [0.5, 0.6) is 0 Å². The van der Waals surface area contributed by atoms with Gasteiger partial charge in [0.05, 0.1) is 51.7 Å². The third kappa shape index (κ3) is 15.1. The van der Waals surface area contributed by atoms with Crippen molar-refractivity contribution in [3.8, 4) is 11.1 Å². The number of nitrogens with one attached hydrogen (secondary N) is 4. The molecule has 24 heteroatoms. The second kappa shape index (κ2) is 25.2. The van der Waals surface area contributed by atoms with Gasteiger partial charge in [0.25, 0.3) is 0 Å². The van der Waals surface area contributed by atoms with Crippen molar-refractivity contribution in [3.63, 3.8) is 0 Å². The van der Waals surface area contributed by atoms with Crippen molar-refractivity contribution in [3.05, 3.63) is 64.9 Å². The molecule has 0 unspecified atom stereocenters. The lowest BCUT2D eigenvalue weighted by molar-refractivity contribution is -0.139. The number of nitrogens with two attached hydrogens (primary N) is 1. The first-order chi connectivity index (χ1) is 32.8. The number of anilines is 1. The Hall–Kier alpha value is -6.31. The summed E-state index contributed by atoms with van der Waals surface area (Å²) in [6, 6.07) is 8.85. The van der Waals surface area contributed by atoms with E-state index in [0.29, 0.717) is 44.7 Å². The Kier molecular flexibility index (Phi) is 18.9. The fraction of sp³-hybridized carbons (Fsp3) is 0.477. The number of halogens is 1. The van der Waals surface area contributed by atoms with Crippen LogP contribution in [0.3, 0.4) is 0 Å². The molecule has 364 valence electrons. The van der Waals surface area contributed by atoms with Crippen LogP contribution in [-0.4, -0.2) is 160 Å². The van der Waals surface area contributed by atoms with E-state index in [9.17, 15) is 33.6 Å². The highest BCUT2D eigenvalue weighted by molar-refractivity contribution is 9.10. The Morgan fingerprint density at radius 2 is 1.50 bits per heavy atom. The van der Waals surface area contributed by atoms with E-state index in [1.807, 2.05) is 6.07 Å². The normalized spacial score (nSPS) is 16.5. The van der Waals surface area contributed by atoms with E-state index in [1.165, 1.54) is 11.6 Å². The summed E-state index contributed by atoms with van der Waals surface area (Å²) in [6.45, 7) is 2.57. The van der Waals surface area contributed by atoms with Crippen LogP contribution in [0.15, 0.2) is 53.4 Å². The van der Waals surface area contributed by atoms with Gasteiger partial charge in [-0.1, -0.05) is 12.1 Å². The number of carboxylic acids is 1. The van der Waals surface area contributed by atoms with E-state index < -0.39 is 18.1 Å². The number of nitrogens with zero attached hydrogens (tertiary/aromatic N) is 6. The Balaban J connectivity index is 0.838. The number of aromatic nitrogens is 5. The summed E-state index contributed by atoms with van der Waals surface area (Å²) in [6.07, 6.45) is 4.65. The lowest BCUT2D eigenvalue weighted by Crippen LogP contribution is -2.46. The number of carboxylic acid groups (broad SMARTS) is 1. The van der Waals surface area contributed by atoms with E-state index in [-0.39, 0.29) is 145 Å². The lowest BCUT2D eigenvalue weighted by atomic mass is 10.0. The first kappa shape index (κ1) is 51.1.